The van der Waals surface area contributed by atoms with Crippen molar-refractivity contribution in [3.8, 4) is 0 Å². The SMILES string of the molecule is CCC(CC1CC1)Nc1nc(C(=O)OC)cs1. The number of anilines is 1. The molecule has 1 N–H and O–H groups in total. The fourth-order valence-corrected chi connectivity index (χ4v) is 2.55. The van der Waals surface area contributed by atoms with Gasteiger partial charge in [-0.05, 0) is 18.8 Å². The summed E-state index contributed by atoms with van der Waals surface area (Å²) in [5, 5.41) is 5.95. The van der Waals surface area contributed by atoms with Gasteiger partial charge in [-0.15, -0.1) is 11.3 Å². The lowest BCUT2D eigenvalue weighted by molar-refractivity contribution is 0.0595. The Kier molecular flexibility index (Phi) is 3.99. The molecular formula is C12H18N2O2S. The molecule has 0 saturated heterocycles. The van der Waals surface area contributed by atoms with Crippen molar-refractivity contribution in [2.24, 2.45) is 5.92 Å². The lowest BCUT2D eigenvalue weighted by Gasteiger charge is -2.15. The Hall–Kier alpha value is -1.10. The van der Waals surface area contributed by atoms with Gasteiger partial charge in [0.15, 0.2) is 10.8 Å². The van der Waals surface area contributed by atoms with Crippen LogP contribution >= 0.6 is 11.3 Å². The summed E-state index contributed by atoms with van der Waals surface area (Å²) >= 11 is 1.46. The molecule has 1 saturated carbocycles. The summed E-state index contributed by atoms with van der Waals surface area (Å²) in [5.41, 5.74) is 0.390. The van der Waals surface area contributed by atoms with E-state index in [1.165, 1.54) is 37.7 Å². The monoisotopic (exact) mass is 254 g/mol. The van der Waals surface area contributed by atoms with Gasteiger partial charge < -0.3 is 10.1 Å². The second-order valence-electron chi connectivity index (χ2n) is 4.46. The van der Waals surface area contributed by atoms with E-state index in [1.807, 2.05) is 0 Å². The predicted molar refractivity (Wildman–Crippen MR) is 68.5 cm³/mol. The second kappa shape index (κ2) is 5.49. The molecule has 1 atom stereocenters. The minimum atomic E-state index is -0.371. The first-order valence-corrected chi connectivity index (χ1v) is 6.91. The number of hydrogen-bond donors (Lipinski definition) is 1. The van der Waals surface area contributed by atoms with Crippen LogP contribution in [0.15, 0.2) is 5.38 Å². The summed E-state index contributed by atoms with van der Waals surface area (Å²) in [6.45, 7) is 2.18. The molecule has 1 aromatic heterocycles. The standard InChI is InChI=1S/C12H18N2O2S/c1-3-9(6-8-4-5-8)13-12-14-10(7-17-12)11(15)16-2/h7-9H,3-6H2,1-2H3,(H,13,14). The average Bonchev–Trinajstić information content (AvgIpc) is 3.04. The molecule has 1 unspecified atom stereocenters. The molecule has 0 amide bonds. The van der Waals surface area contributed by atoms with Crippen LogP contribution in [-0.4, -0.2) is 24.1 Å². The minimum Gasteiger partial charge on any atom is -0.464 e. The lowest BCUT2D eigenvalue weighted by Crippen LogP contribution is -2.19. The Labute approximate surface area is 105 Å². The zero-order chi connectivity index (χ0) is 12.3. The van der Waals surface area contributed by atoms with Gasteiger partial charge in [-0.1, -0.05) is 19.8 Å². The van der Waals surface area contributed by atoms with E-state index < -0.39 is 0 Å². The van der Waals surface area contributed by atoms with Crippen molar-refractivity contribution in [1.82, 2.24) is 4.98 Å². The van der Waals surface area contributed by atoms with E-state index in [0.717, 1.165) is 17.5 Å². The van der Waals surface area contributed by atoms with E-state index in [-0.39, 0.29) is 5.97 Å². The molecule has 1 aromatic rings. The van der Waals surface area contributed by atoms with Crippen molar-refractivity contribution in [1.29, 1.82) is 0 Å². The summed E-state index contributed by atoms with van der Waals surface area (Å²) in [5.74, 6) is 0.525. The van der Waals surface area contributed by atoms with Crippen LogP contribution in [0.1, 0.15) is 43.1 Å². The molecule has 5 heteroatoms. The Morgan fingerprint density at radius 1 is 1.71 bits per heavy atom. The van der Waals surface area contributed by atoms with Gasteiger partial charge in [-0.2, -0.15) is 0 Å². The third-order valence-electron chi connectivity index (χ3n) is 3.03. The van der Waals surface area contributed by atoms with E-state index >= 15 is 0 Å². The highest BCUT2D eigenvalue weighted by Gasteiger charge is 2.25. The number of carbonyl (C=O) groups is 1. The molecule has 0 spiro atoms. The van der Waals surface area contributed by atoms with Gasteiger partial charge in [0.2, 0.25) is 0 Å². The number of nitrogens with one attached hydrogen (secondary N) is 1. The lowest BCUT2D eigenvalue weighted by atomic mass is 10.1. The molecule has 1 heterocycles. The Morgan fingerprint density at radius 3 is 3.06 bits per heavy atom. The number of rotatable bonds is 6. The minimum absolute atomic E-state index is 0.371. The number of carbonyl (C=O) groups excluding carboxylic acids is 1. The van der Waals surface area contributed by atoms with Crippen molar-refractivity contribution in [3.63, 3.8) is 0 Å². The van der Waals surface area contributed by atoms with Crippen LogP contribution in [0, 0.1) is 5.92 Å². The van der Waals surface area contributed by atoms with Gasteiger partial charge >= 0.3 is 5.97 Å². The van der Waals surface area contributed by atoms with Gasteiger partial charge in [-0.25, -0.2) is 9.78 Å². The molecule has 4 nitrogen and oxygen atoms in total. The molecule has 0 bridgehead atoms. The molecule has 0 aliphatic heterocycles. The van der Waals surface area contributed by atoms with Crippen molar-refractivity contribution in [3.05, 3.63) is 11.1 Å². The van der Waals surface area contributed by atoms with Crippen molar-refractivity contribution < 1.29 is 9.53 Å². The van der Waals surface area contributed by atoms with Crippen LogP contribution in [0.2, 0.25) is 0 Å². The van der Waals surface area contributed by atoms with Gasteiger partial charge in [0.25, 0.3) is 0 Å². The van der Waals surface area contributed by atoms with Crippen LogP contribution in [-0.2, 0) is 4.74 Å². The molecule has 1 aliphatic rings. The van der Waals surface area contributed by atoms with Crippen molar-refractivity contribution in [2.75, 3.05) is 12.4 Å². The Bertz CT molecular complexity index is 388. The summed E-state index contributed by atoms with van der Waals surface area (Å²) < 4.78 is 4.63. The number of ether oxygens (including phenoxy) is 1. The summed E-state index contributed by atoms with van der Waals surface area (Å²) in [6, 6.07) is 0.471. The summed E-state index contributed by atoms with van der Waals surface area (Å²) in [7, 11) is 1.37. The topological polar surface area (TPSA) is 51.2 Å². The maximum Gasteiger partial charge on any atom is 0.357 e. The van der Waals surface area contributed by atoms with Gasteiger partial charge in [0.05, 0.1) is 7.11 Å². The zero-order valence-corrected chi connectivity index (χ0v) is 11.0. The Morgan fingerprint density at radius 2 is 2.47 bits per heavy atom. The molecule has 0 radical (unpaired) electrons. The largest absolute Gasteiger partial charge is 0.464 e. The number of thiazole rings is 1. The summed E-state index contributed by atoms with van der Waals surface area (Å²) in [6.07, 6.45) is 5.03. The fourth-order valence-electron chi connectivity index (χ4n) is 1.80. The maximum atomic E-state index is 11.3. The van der Waals surface area contributed by atoms with E-state index in [2.05, 4.69) is 22.0 Å². The number of aromatic nitrogens is 1. The van der Waals surface area contributed by atoms with Gasteiger partial charge in [0, 0.05) is 11.4 Å². The third-order valence-corrected chi connectivity index (χ3v) is 3.81. The summed E-state index contributed by atoms with van der Waals surface area (Å²) in [4.78, 5) is 15.5. The number of nitrogens with zero attached hydrogens (tertiary/aromatic N) is 1. The number of methoxy groups -OCH3 is 1. The van der Waals surface area contributed by atoms with E-state index in [1.54, 1.807) is 5.38 Å². The third kappa shape index (κ3) is 3.43. The number of hydrogen-bond acceptors (Lipinski definition) is 5. The second-order valence-corrected chi connectivity index (χ2v) is 5.32. The van der Waals surface area contributed by atoms with E-state index in [4.69, 9.17) is 0 Å². The molecule has 2 rings (SSSR count). The molecule has 1 aliphatic carbocycles. The van der Waals surface area contributed by atoms with Crippen LogP contribution in [0.4, 0.5) is 5.13 Å². The number of esters is 1. The van der Waals surface area contributed by atoms with Crippen LogP contribution in [0.5, 0.6) is 0 Å². The van der Waals surface area contributed by atoms with E-state index in [0.29, 0.717) is 11.7 Å². The highest BCUT2D eigenvalue weighted by atomic mass is 32.1. The molecule has 17 heavy (non-hydrogen) atoms. The van der Waals surface area contributed by atoms with Crippen molar-refractivity contribution in [2.45, 2.75) is 38.6 Å². The van der Waals surface area contributed by atoms with Gasteiger partial charge in [0.1, 0.15) is 0 Å². The molecular weight excluding hydrogens is 236 g/mol. The maximum absolute atomic E-state index is 11.3. The van der Waals surface area contributed by atoms with Crippen molar-refractivity contribution >= 4 is 22.4 Å². The zero-order valence-electron chi connectivity index (χ0n) is 10.2. The smallest absolute Gasteiger partial charge is 0.357 e. The first-order chi connectivity index (χ1) is 8.22. The Balaban J connectivity index is 1.92. The van der Waals surface area contributed by atoms with Crippen LogP contribution < -0.4 is 5.32 Å². The van der Waals surface area contributed by atoms with Crippen LogP contribution in [0.25, 0.3) is 0 Å². The average molecular weight is 254 g/mol. The highest BCUT2D eigenvalue weighted by Crippen LogP contribution is 2.35. The van der Waals surface area contributed by atoms with E-state index in [9.17, 15) is 4.79 Å². The molecule has 94 valence electrons. The highest BCUT2D eigenvalue weighted by molar-refractivity contribution is 7.13. The quantitative estimate of drug-likeness (QED) is 0.793. The normalized spacial score (nSPS) is 16.6. The molecule has 0 aromatic carbocycles. The van der Waals surface area contributed by atoms with Gasteiger partial charge in [-0.3, -0.25) is 0 Å². The first-order valence-electron chi connectivity index (χ1n) is 6.03. The predicted octanol–water partition coefficient (Wildman–Crippen LogP) is 2.92. The fraction of sp³-hybridized carbons (Fsp3) is 0.667. The first kappa shape index (κ1) is 12.4. The van der Waals surface area contributed by atoms with Crippen LogP contribution in [0.3, 0.4) is 0 Å². The molecule has 1 fully saturated rings.